The van der Waals surface area contributed by atoms with E-state index in [2.05, 4.69) is 71.8 Å². The van der Waals surface area contributed by atoms with Crippen LogP contribution in [0, 0.1) is 0 Å². The standard InChI is InChI=1S/C52H83N3O16P2/c1-3-5-7-9-11-13-15-17-18-20-22-24-26-28-32-37-48(58)69-44(40-66-47(57)36-33-29-31-35-43(56)34-30-27-25-23-21-19-16-14-12-10-8-6-4-2)41-67-72(62,63)71-73(64,65)68-42-45-49(59)50(60)51(70-45)55-39-38-46(53)54-52(55)61/h6,8,12,14,17-19,21,25,27,29-31,34,38-39,43-45,49-51,56,59-60H,3-5,7,9-11,13,15-16,20,22-24,26,28,32-33,35-37,40-42H2,1-2H3,(H,62,63)(H,64,65)(H2,53,54,61)/b8-6-,14-12-,18-17-,21-19-,27-25-,31-29-,34-30-/t43?,44-,45-,49-,50-,51-/m1/s1. The smallest absolute Gasteiger partial charge is 0.462 e. The molecule has 0 saturated carbocycles. The molecule has 3 unspecified atom stereocenters. The van der Waals surface area contributed by atoms with Crippen LogP contribution < -0.4 is 11.4 Å². The van der Waals surface area contributed by atoms with E-state index in [1.807, 2.05) is 12.2 Å². The Bertz CT molecular complexity index is 2070. The van der Waals surface area contributed by atoms with Crippen molar-refractivity contribution in [2.45, 2.75) is 185 Å². The van der Waals surface area contributed by atoms with Gasteiger partial charge >= 0.3 is 33.3 Å². The molecule has 19 nitrogen and oxygen atoms in total. The number of aliphatic hydroxyl groups is 3. The van der Waals surface area contributed by atoms with Gasteiger partial charge in [-0.15, -0.1) is 0 Å². The number of phosphoric acid groups is 2. The Morgan fingerprint density at radius 1 is 0.740 bits per heavy atom. The van der Waals surface area contributed by atoms with Crippen molar-refractivity contribution in [2.75, 3.05) is 25.6 Å². The molecular formula is C52H83N3O16P2. The van der Waals surface area contributed by atoms with Gasteiger partial charge < -0.3 is 45.1 Å². The van der Waals surface area contributed by atoms with Crippen molar-refractivity contribution in [3.05, 3.63) is 108 Å². The van der Waals surface area contributed by atoms with Crippen molar-refractivity contribution in [1.82, 2.24) is 9.55 Å². The van der Waals surface area contributed by atoms with E-state index in [1.165, 1.54) is 44.6 Å². The fraction of sp³-hybridized carbons (Fsp3) is 0.615. The Hall–Kier alpha value is -4.10. The molecule has 1 saturated heterocycles. The van der Waals surface area contributed by atoms with Crippen molar-refractivity contribution in [3.8, 4) is 0 Å². The molecule has 2 heterocycles. The van der Waals surface area contributed by atoms with Crippen molar-refractivity contribution in [1.29, 1.82) is 0 Å². The minimum Gasteiger partial charge on any atom is -0.462 e. The Labute approximate surface area is 431 Å². The molecule has 0 aliphatic carbocycles. The van der Waals surface area contributed by atoms with Gasteiger partial charge in [-0.05, 0) is 76.7 Å². The number of phosphoric ester groups is 2. The summed E-state index contributed by atoms with van der Waals surface area (Å²) in [6, 6.07) is 1.24. The SMILES string of the molecule is CC/C=C\C/C=C\C/C=C\C/C=C\C=C/C(O)C/C=C\CCC(=O)OC[C@H](COP(=O)(O)OP(=O)(O)OC[C@H]1O[C@@H](n2ccc(N)nc2=O)[C@H](O)[C@@H]1O)OC(=O)CCCCCCC/C=C\CCCCCCCC. The number of allylic oxidation sites excluding steroid dienone is 12. The van der Waals surface area contributed by atoms with Gasteiger partial charge in [-0.1, -0.05) is 150 Å². The first-order valence-electron chi connectivity index (χ1n) is 25.7. The Morgan fingerprint density at radius 2 is 1.34 bits per heavy atom. The van der Waals surface area contributed by atoms with E-state index < -0.39 is 89.8 Å². The fourth-order valence-corrected chi connectivity index (χ4v) is 9.17. The molecule has 0 radical (unpaired) electrons. The maximum atomic E-state index is 12.9. The van der Waals surface area contributed by atoms with Crippen LogP contribution in [0.1, 0.15) is 155 Å². The summed E-state index contributed by atoms with van der Waals surface area (Å²) in [6.45, 7) is 1.85. The van der Waals surface area contributed by atoms with E-state index in [-0.39, 0.29) is 25.1 Å². The molecule has 412 valence electrons. The van der Waals surface area contributed by atoms with Gasteiger partial charge in [0.05, 0.1) is 19.3 Å². The lowest BCUT2D eigenvalue weighted by Gasteiger charge is -2.21. The first kappa shape index (κ1) is 65.0. The van der Waals surface area contributed by atoms with E-state index in [0.29, 0.717) is 12.8 Å². The molecule has 1 aliphatic heterocycles. The molecule has 2 rings (SSSR count). The lowest BCUT2D eigenvalue weighted by molar-refractivity contribution is -0.161. The molecular weight excluding hydrogens is 985 g/mol. The first-order valence-corrected chi connectivity index (χ1v) is 28.7. The predicted octanol–water partition coefficient (Wildman–Crippen LogP) is 9.64. The van der Waals surface area contributed by atoms with Crippen molar-refractivity contribution < 1.29 is 71.4 Å². The van der Waals surface area contributed by atoms with Gasteiger partial charge in [-0.3, -0.25) is 23.2 Å². The fourth-order valence-electron chi connectivity index (χ4n) is 7.06. The van der Waals surface area contributed by atoms with Gasteiger partial charge in [0.2, 0.25) is 0 Å². The van der Waals surface area contributed by atoms with Gasteiger partial charge in [0.15, 0.2) is 12.3 Å². The minimum atomic E-state index is -5.46. The molecule has 1 aromatic rings. The van der Waals surface area contributed by atoms with Gasteiger partial charge in [0.25, 0.3) is 0 Å². The second-order valence-corrected chi connectivity index (χ2v) is 20.5. The third kappa shape index (κ3) is 32.1. The maximum Gasteiger partial charge on any atom is 0.481 e. The van der Waals surface area contributed by atoms with Crippen LogP contribution in [-0.2, 0) is 46.3 Å². The summed E-state index contributed by atoms with van der Waals surface area (Å²) < 4.78 is 56.6. The van der Waals surface area contributed by atoms with Crippen LogP contribution in [0.15, 0.2) is 102 Å². The zero-order valence-corrected chi connectivity index (χ0v) is 44.6. The van der Waals surface area contributed by atoms with Crippen LogP contribution >= 0.6 is 15.6 Å². The number of carbonyl (C=O) groups is 2. The van der Waals surface area contributed by atoms with Gasteiger partial charge in [0, 0.05) is 19.0 Å². The van der Waals surface area contributed by atoms with Crippen molar-refractivity contribution in [2.24, 2.45) is 0 Å². The zero-order valence-electron chi connectivity index (χ0n) is 42.8. The molecule has 1 aromatic heterocycles. The molecule has 7 N–H and O–H groups in total. The van der Waals surface area contributed by atoms with Gasteiger partial charge in [0.1, 0.15) is 30.7 Å². The van der Waals surface area contributed by atoms with Gasteiger partial charge in [-0.2, -0.15) is 9.29 Å². The van der Waals surface area contributed by atoms with Crippen LogP contribution in [0.3, 0.4) is 0 Å². The van der Waals surface area contributed by atoms with Crippen LogP contribution in [0.25, 0.3) is 0 Å². The molecule has 0 aromatic carbocycles. The summed E-state index contributed by atoms with van der Waals surface area (Å²) in [5.41, 5.74) is 4.57. The average molecular weight is 1070 g/mol. The Balaban J connectivity index is 1.86. The highest BCUT2D eigenvalue weighted by molar-refractivity contribution is 7.61. The molecule has 0 spiro atoms. The van der Waals surface area contributed by atoms with Crippen LogP contribution in [-0.4, -0.2) is 96.9 Å². The number of hydrogen-bond donors (Lipinski definition) is 6. The monoisotopic (exact) mass is 1070 g/mol. The summed E-state index contributed by atoms with van der Waals surface area (Å²) >= 11 is 0. The number of carbonyl (C=O) groups excluding carboxylic acids is 2. The van der Waals surface area contributed by atoms with Crippen molar-refractivity contribution in [3.63, 3.8) is 0 Å². The summed E-state index contributed by atoms with van der Waals surface area (Å²) in [7, 11) is -10.9. The largest absolute Gasteiger partial charge is 0.481 e. The number of anilines is 1. The van der Waals surface area contributed by atoms with E-state index in [1.54, 1.807) is 24.3 Å². The topological polar surface area (TPSA) is 286 Å². The maximum absolute atomic E-state index is 12.9. The second kappa shape index (κ2) is 39.3. The van der Waals surface area contributed by atoms with E-state index >= 15 is 0 Å². The molecule has 1 fully saturated rings. The number of rotatable bonds is 41. The predicted molar refractivity (Wildman–Crippen MR) is 281 cm³/mol. The highest BCUT2D eigenvalue weighted by Crippen LogP contribution is 2.60. The Kier molecular flexibility index (Phi) is 35.0. The van der Waals surface area contributed by atoms with E-state index in [0.717, 1.165) is 75.0 Å². The number of aromatic nitrogens is 2. The lowest BCUT2D eigenvalue weighted by atomic mass is 10.1. The number of esters is 2. The minimum absolute atomic E-state index is 0.00102. The van der Waals surface area contributed by atoms with E-state index in [9.17, 15) is 48.6 Å². The molecule has 73 heavy (non-hydrogen) atoms. The molecule has 8 atom stereocenters. The number of unbranched alkanes of at least 4 members (excludes halogenated alkanes) is 11. The summed E-state index contributed by atoms with van der Waals surface area (Å²) in [4.78, 5) is 61.9. The normalized spacial score (nSPS) is 20.1. The molecule has 0 bridgehead atoms. The van der Waals surface area contributed by atoms with E-state index in [4.69, 9.17) is 29.0 Å². The lowest BCUT2D eigenvalue weighted by Crippen LogP contribution is -2.36. The van der Waals surface area contributed by atoms with Crippen LogP contribution in [0.2, 0.25) is 0 Å². The number of nitrogens with zero attached hydrogens (tertiary/aromatic N) is 2. The average Bonchev–Trinajstić information content (AvgIpc) is 3.62. The first-order chi connectivity index (χ1) is 35.1. The van der Waals surface area contributed by atoms with Gasteiger partial charge in [-0.25, -0.2) is 13.9 Å². The number of nitrogens with two attached hydrogens (primary N) is 1. The quantitative estimate of drug-likeness (QED) is 0.0117. The third-order valence-electron chi connectivity index (χ3n) is 11.1. The molecule has 21 heteroatoms. The second-order valence-electron chi connectivity index (χ2n) is 17.5. The zero-order chi connectivity index (χ0) is 53.6. The van der Waals surface area contributed by atoms with Crippen molar-refractivity contribution >= 4 is 33.4 Å². The molecule has 1 aliphatic rings. The highest BCUT2D eigenvalue weighted by Gasteiger charge is 2.46. The number of nitrogen functional groups attached to an aromatic ring is 1. The van der Waals surface area contributed by atoms with Crippen LogP contribution in [0.4, 0.5) is 5.82 Å². The summed E-state index contributed by atoms with van der Waals surface area (Å²) in [5, 5.41) is 31.2. The third-order valence-corrected chi connectivity index (χ3v) is 13.7. The number of aliphatic hydroxyl groups excluding tert-OH is 3. The molecule has 0 amide bonds. The summed E-state index contributed by atoms with van der Waals surface area (Å²) in [5.74, 6) is -1.50. The number of hydrogen-bond acceptors (Lipinski definition) is 16. The highest BCUT2D eigenvalue weighted by atomic mass is 31.3. The number of ether oxygens (including phenoxy) is 3. The van der Waals surface area contributed by atoms with Crippen LogP contribution in [0.5, 0.6) is 0 Å². The summed E-state index contributed by atoms with van der Waals surface area (Å²) in [6.07, 6.45) is 38.3. The Morgan fingerprint density at radius 3 is 2.00 bits per heavy atom.